The Balaban J connectivity index is 2.32. The maximum atomic E-state index is 8.54. The predicted molar refractivity (Wildman–Crippen MR) is 63.4 cm³/mol. The van der Waals surface area contributed by atoms with E-state index in [9.17, 15) is 0 Å². The molecule has 0 unspecified atom stereocenters. The van der Waals surface area contributed by atoms with Crippen molar-refractivity contribution in [2.45, 2.75) is 6.42 Å². The van der Waals surface area contributed by atoms with Crippen molar-refractivity contribution in [2.75, 3.05) is 19.0 Å². The van der Waals surface area contributed by atoms with E-state index in [0.717, 1.165) is 11.3 Å². The van der Waals surface area contributed by atoms with Crippen molar-refractivity contribution in [1.29, 1.82) is 5.26 Å². The van der Waals surface area contributed by atoms with Crippen LogP contribution in [-0.4, -0.2) is 24.2 Å². The summed E-state index contributed by atoms with van der Waals surface area (Å²) in [5.74, 6) is 0.858. The number of hydrogen-bond acceptors (Lipinski definition) is 5. The molecule has 0 bridgehead atoms. The topological polar surface area (TPSA) is 66.0 Å². The Bertz CT molecular complexity index is 554. The van der Waals surface area contributed by atoms with E-state index in [-0.39, 0.29) is 6.42 Å². The fraction of sp³-hybridized carbons (Fsp3) is 0.250. The van der Waals surface area contributed by atoms with Gasteiger partial charge >= 0.3 is 0 Å². The van der Waals surface area contributed by atoms with E-state index in [2.05, 4.69) is 10.1 Å². The second kappa shape index (κ2) is 4.66. The minimum Gasteiger partial charge on any atom is -0.378 e. The first-order valence-electron chi connectivity index (χ1n) is 5.18. The molecule has 1 aromatic heterocycles. The summed E-state index contributed by atoms with van der Waals surface area (Å²) in [7, 11) is 3.93. The van der Waals surface area contributed by atoms with Gasteiger partial charge in [0.2, 0.25) is 0 Å². The zero-order valence-corrected chi connectivity index (χ0v) is 9.71. The predicted octanol–water partition coefficient (Wildman–Crippen LogP) is 1.87. The van der Waals surface area contributed by atoms with Crippen molar-refractivity contribution < 1.29 is 4.52 Å². The number of nitrogens with zero attached hydrogens (tertiary/aromatic N) is 4. The lowest BCUT2D eigenvalue weighted by atomic mass is 10.2. The van der Waals surface area contributed by atoms with Crippen molar-refractivity contribution in [2.24, 2.45) is 0 Å². The van der Waals surface area contributed by atoms with Gasteiger partial charge in [-0.3, -0.25) is 0 Å². The number of anilines is 1. The Labute approximate surface area is 99.3 Å². The molecule has 0 fully saturated rings. The van der Waals surface area contributed by atoms with Gasteiger partial charge in [-0.05, 0) is 18.2 Å². The van der Waals surface area contributed by atoms with Crippen LogP contribution in [0.4, 0.5) is 5.69 Å². The van der Waals surface area contributed by atoms with E-state index in [0.29, 0.717) is 11.7 Å². The smallest absolute Gasteiger partial charge is 0.258 e. The Morgan fingerprint density at radius 2 is 2.24 bits per heavy atom. The molecule has 0 amide bonds. The van der Waals surface area contributed by atoms with Gasteiger partial charge in [-0.1, -0.05) is 11.2 Å². The molecule has 2 aromatic rings. The summed E-state index contributed by atoms with van der Waals surface area (Å²) >= 11 is 0. The van der Waals surface area contributed by atoms with Crippen molar-refractivity contribution in [1.82, 2.24) is 10.1 Å². The molecule has 0 saturated heterocycles. The summed E-state index contributed by atoms with van der Waals surface area (Å²) in [5, 5.41) is 12.3. The lowest BCUT2D eigenvalue weighted by Gasteiger charge is -2.12. The summed E-state index contributed by atoms with van der Waals surface area (Å²) in [6.07, 6.45) is 0.164. The van der Waals surface area contributed by atoms with Gasteiger partial charge in [-0.15, -0.1) is 0 Å². The minimum atomic E-state index is 0.164. The molecule has 0 radical (unpaired) electrons. The van der Waals surface area contributed by atoms with E-state index in [1.807, 2.05) is 49.3 Å². The molecule has 0 saturated carbocycles. The molecule has 17 heavy (non-hydrogen) atoms. The molecule has 0 aliphatic carbocycles. The summed E-state index contributed by atoms with van der Waals surface area (Å²) in [5.41, 5.74) is 1.91. The van der Waals surface area contributed by atoms with Crippen LogP contribution < -0.4 is 4.90 Å². The van der Waals surface area contributed by atoms with Crippen LogP contribution in [0.1, 0.15) is 5.82 Å². The molecular weight excluding hydrogens is 216 g/mol. The Morgan fingerprint density at radius 1 is 1.41 bits per heavy atom. The van der Waals surface area contributed by atoms with E-state index in [4.69, 9.17) is 9.78 Å². The zero-order chi connectivity index (χ0) is 12.3. The van der Waals surface area contributed by atoms with Gasteiger partial charge in [0.25, 0.3) is 5.89 Å². The molecule has 86 valence electrons. The average molecular weight is 228 g/mol. The van der Waals surface area contributed by atoms with Crippen molar-refractivity contribution >= 4 is 5.69 Å². The van der Waals surface area contributed by atoms with Gasteiger partial charge in [0, 0.05) is 25.3 Å². The molecule has 0 atom stereocenters. The van der Waals surface area contributed by atoms with Gasteiger partial charge in [0.1, 0.15) is 0 Å². The standard InChI is InChI=1S/C12H12N4O/c1-16(2)10-5-3-4-9(8-10)12-14-11(6-7-13)15-17-12/h3-5,8H,6H2,1-2H3. The van der Waals surface area contributed by atoms with Crippen molar-refractivity contribution in [3.63, 3.8) is 0 Å². The Kier molecular flexibility index (Phi) is 3.06. The molecule has 1 heterocycles. The van der Waals surface area contributed by atoms with E-state index in [1.165, 1.54) is 0 Å². The third kappa shape index (κ3) is 2.42. The van der Waals surface area contributed by atoms with Gasteiger partial charge in [-0.25, -0.2) is 0 Å². The number of benzene rings is 1. The number of nitriles is 1. The van der Waals surface area contributed by atoms with Crippen LogP contribution in [0.3, 0.4) is 0 Å². The van der Waals surface area contributed by atoms with Gasteiger partial charge in [0.15, 0.2) is 5.82 Å². The molecule has 0 spiro atoms. The van der Waals surface area contributed by atoms with Crippen molar-refractivity contribution in [3.8, 4) is 17.5 Å². The first-order valence-corrected chi connectivity index (χ1v) is 5.18. The van der Waals surface area contributed by atoms with Crippen LogP contribution in [-0.2, 0) is 6.42 Å². The normalized spacial score (nSPS) is 9.94. The second-order valence-corrected chi connectivity index (χ2v) is 3.80. The Morgan fingerprint density at radius 3 is 2.94 bits per heavy atom. The van der Waals surface area contributed by atoms with Crippen LogP contribution in [0.25, 0.3) is 11.5 Å². The summed E-state index contributed by atoms with van der Waals surface area (Å²) in [6.45, 7) is 0. The van der Waals surface area contributed by atoms with Crippen LogP contribution >= 0.6 is 0 Å². The lowest BCUT2D eigenvalue weighted by Crippen LogP contribution is -2.08. The molecule has 0 aliphatic rings. The number of aromatic nitrogens is 2. The highest BCUT2D eigenvalue weighted by Gasteiger charge is 2.09. The van der Waals surface area contributed by atoms with E-state index < -0.39 is 0 Å². The minimum absolute atomic E-state index is 0.164. The molecular formula is C12H12N4O. The first kappa shape index (κ1) is 11.1. The van der Waals surface area contributed by atoms with Crippen LogP contribution in [0, 0.1) is 11.3 Å². The summed E-state index contributed by atoms with van der Waals surface area (Å²) in [6, 6.07) is 9.77. The third-order valence-corrected chi connectivity index (χ3v) is 2.31. The highest BCUT2D eigenvalue weighted by Crippen LogP contribution is 2.22. The Hall–Kier alpha value is -2.35. The molecule has 1 aromatic carbocycles. The van der Waals surface area contributed by atoms with Crippen LogP contribution in [0.15, 0.2) is 28.8 Å². The van der Waals surface area contributed by atoms with Crippen LogP contribution in [0.2, 0.25) is 0 Å². The monoisotopic (exact) mass is 228 g/mol. The van der Waals surface area contributed by atoms with Crippen LogP contribution in [0.5, 0.6) is 0 Å². The second-order valence-electron chi connectivity index (χ2n) is 3.80. The molecule has 0 aliphatic heterocycles. The van der Waals surface area contributed by atoms with E-state index >= 15 is 0 Å². The van der Waals surface area contributed by atoms with Crippen molar-refractivity contribution in [3.05, 3.63) is 30.1 Å². The average Bonchev–Trinajstić information content (AvgIpc) is 2.78. The first-order chi connectivity index (χ1) is 8.20. The summed E-state index contributed by atoms with van der Waals surface area (Å²) < 4.78 is 5.11. The highest BCUT2D eigenvalue weighted by molar-refractivity contribution is 5.61. The van der Waals surface area contributed by atoms with Gasteiger partial charge < -0.3 is 9.42 Å². The molecule has 5 heteroatoms. The third-order valence-electron chi connectivity index (χ3n) is 2.31. The molecule has 2 rings (SSSR count). The summed E-state index contributed by atoms with van der Waals surface area (Å²) in [4.78, 5) is 6.15. The fourth-order valence-electron chi connectivity index (χ4n) is 1.43. The number of hydrogen-bond donors (Lipinski definition) is 0. The quantitative estimate of drug-likeness (QED) is 0.802. The molecule has 5 nitrogen and oxygen atoms in total. The zero-order valence-electron chi connectivity index (χ0n) is 9.71. The number of rotatable bonds is 3. The molecule has 0 N–H and O–H groups in total. The maximum absolute atomic E-state index is 8.54. The van der Waals surface area contributed by atoms with Gasteiger partial charge in [0.05, 0.1) is 12.5 Å². The lowest BCUT2D eigenvalue weighted by molar-refractivity contribution is 0.424. The SMILES string of the molecule is CN(C)c1cccc(-c2nc(CC#N)no2)c1. The fourth-order valence-corrected chi connectivity index (χ4v) is 1.43. The largest absolute Gasteiger partial charge is 0.378 e. The highest BCUT2D eigenvalue weighted by atomic mass is 16.5. The van der Waals surface area contributed by atoms with Gasteiger partial charge in [-0.2, -0.15) is 10.2 Å². The van der Waals surface area contributed by atoms with E-state index in [1.54, 1.807) is 0 Å². The maximum Gasteiger partial charge on any atom is 0.258 e.